The van der Waals surface area contributed by atoms with Crippen LogP contribution in [0.15, 0.2) is 30.1 Å². The van der Waals surface area contributed by atoms with Gasteiger partial charge in [0.2, 0.25) is 0 Å². The summed E-state index contributed by atoms with van der Waals surface area (Å²) in [6, 6.07) is 2.31. The fourth-order valence-corrected chi connectivity index (χ4v) is 3.03. The van der Waals surface area contributed by atoms with Gasteiger partial charge in [0.1, 0.15) is 6.61 Å². The molecular weight excluding hydrogens is 250 g/mol. The predicted octanol–water partition coefficient (Wildman–Crippen LogP) is 2.38. The van der Waals surface area contributed by atoms with Gasteiger partial charge in [-0.3, -0.25) is 4.68 Å². The van der Waals surface area contributed by atoms with Crippen LogP contribution in [-0.2, 0) is 17.7 Å². The van der Waals surface area contributed by atoms with Crippen molar-refractivity contribution in [1.29, 1.82) is 0 Å². The van der Waals surface area contributed by atoms with E-state index >= 15 is 0 Å². The topological polar surface area (TPSA) is 39.1 Å². The molecule has 2 aliphatic rings. The van der Waals surface area contributed by atoms with Crippen LogP contribution in [0.25, 0.3) is 0 Å². The Morgan fingerprint density at radius 3 is 2.95 bits per heavy atom. The predicted molar refractivity (Wildman–Crippen MR) is 79.6 cm³/mol. The van der Waals surface area contributed by atoms with E-state index in [1.165, 1.54) is 29.8 Å². The third-order valence-electron chi connectivity index (χ3n) is 4.12. The summed E-state index contributed by atoms with van der Waals surface area (Å²) in [5.74, 6) is 0.664. The molecule has 2 aliphatic heterocycles. The second-order valence-electron chi connectivity index (χ2n) is 5.49. The summed E-state index contributed by atoms with van der Waals surface area (Å²) in [4.78, 5) is 0. The molecule has 0 atom stereocenters. The summed E-state index contributed by atoms with van der Waals surface area (Å²) >= 11 is 0. The number of hydrogen-bond donors (Lipinski definition) is 1. The van der Waals surface area contributed by atoms with Gasteiger partial charge in [0.25, 0.3) is 0 Å². The Hall–Kier alpha value is -1.55. The summed E-state index contributed by atoms with van der Waals surface area (Å²) in [5.41, 5.74) is 3.90. The van der Waals surface area contributed by atoms with Crippen LogP contribution in [-0.4, -0.2) is 29.5 Å². The van der Waals surface area contributed by atoms with Gasteiger partial charge in [-0.1, -0.05) is 0 Å². The lowest BCUT2D eigenvalue weighted by Crippen LogP contribution is -2.27. The van der Waals surface area contributed by atoms with E-state index < -0.39 is 0 Å². The Labute approximate surface area is 120 Å². The lowest BCUT2D eigenvalue weighted by molar-refractivity contribution is 0.284. The summed E-state index contributed by atoms with van der Waals surface area (Å²) in [7, 11) is 0. The maximum atomic E-state index is 5.19. The van der Waals surface area contributed by atoms with Gasteiger partial charge in [0.05, 0.1) is 12.0 Å². The Morgan fingerprint density at radius 2 is 2.25 bits per heavy atom. The van der Waals surface area contributed by atoms with Crippen molar-refractivity contribution in [2.24, 2.45) is 0 Å². The minimum Gasteiger partial charge on any atom is -0.497 e. The Morgan fingerprint density at radius 1 is 1.40 bits per heavy atom. The van der Waals surface area contributed by atoms with Gasteiger partial charge in [-0.05, 0) is 56.6 Å². The number of piperidine rings is 1. The van der Waals surface area contributed by atoms with Crippen molar-refractivity contribution >= 4 is 0 Å². The lowest BCUT2D eigenvalue weighted by atomic mass is 9.94. The molecule has 1 aromatic rings. The number of nitrogens with zero attached hydrogens (tertiary/aromatic N) is 2. The van der Waals surface area contributed by atoms with E-state index in [4.69, 9.17) is 9.84 Å². The standard InChI is InChI=1S/C16H23N3O/c1-2-19-16(14-3-7-17-8-4-14)12-15(18-19)11-13-5-9-20-10-6-13/h5-6,9,12,14,17H,2-4,7-8,10-11H2,1H3. The molecule has 108 valence electrons. The average molecular weight is 273 g/mol. The van der Waals surface area contributed by atoms with Crippen molar-refractivity contribution < 1.29 is 4.74 Å². The zero-order valence-corrected chi connectivity index (χ0v) is 12.1. The number of aromatic nitrogens is 2. The van der Waals surface area contributed by atoms with E-state index in [9.17, 15) is 0 Å². The molecule has 3 rings (SSSR count). The highest BCUT2D eigenvalue weighted by molar-refractivity contribution is 5.27. The molecule has 0 aliphatic carbocycles. The van der Waals surface area contributed by atoms with Crippen molar-refractivity contribution in [3.05, 3.63) is 41.4 Å². The molecule has 20 heavy (non-hydrogen) atoms. The Bertz CT molecular complexity index is 510. The fourth-order valence-electron chi connectivity index (χ4n) is 3.03. The smallest absolute Gasteiger partial charge is 0.106 e. The van der Waals surface area contributed by atoms with Crippen molar-refractivity contribution in [3.8, 4) is 0 Å². The van der Waals surface area contributed by atoms with Crippen molar-refractivity contribution in [1.82, 2.24) is 15.1 Å². The van der Waals surface area contributed by atoms with Crippen molar-refractivity contribution in [2.45, 2.75) is 38.6 Å². The third kappa shape index (κ3) is 2.96. The van der Waals surface area contributed by atoms with E-state index in [-0.39, 0.29) is 0 Å². The maximum absolute atomic E-state index is 5.19. The van der Waals surface area contributed by atoms with Crippen LogP contribution in [0.5, 0.6) is 0 Å². The van der Waals surface area contributed by atoms with Crippen LogP contribution < -0.4 is 5.32 Å². The first-order valence-electron chi connectivity index (χ1n) is 7.61. The van der Waals surface area contributed by atoms with E-state index in [1.54, 1.807) is 6.26 Å². The second-order valence-corrected chi connectivity index (χ2v) is 5.49. The van der Waals surface area contributed by atoms with Crippen molar-refractivity contribution in [3.63, 3.8) is 0 Å². The van der Waals surface area contributed by atoms with Gasteiger partial charge in [-0.25, -0.2) is 0 Å². The lowest BCUT2D eigenvalue weighted by Gasteiger charge is -2.23. The molecule has 0 saturated carbocycles. The highest BCUT2D eigenvalue weighted by Crippen LogP contribution is 2.26. The molecule has 0 bridgehead atoms. The van der Waals surface area contributed by atoms with Crippen LogP contribution in [0.4, 0.5) is 0 Å². The molecule has 4 nitrogen and oxygen atoms in total. The molecule has 1 N–H and O–H groups in total. The molecule has 0 unspecified atom stereocenters. The van der Waals surface area contributed by atoms with Gasteiger partial charge >= 0.3 is 0 Å². The monoisotopic (exact) mass is 273 g/mol. The number of hydrogen-bond acceptors (Lipinski definition) is 3. The molecule has 1 saturated heterocycles. The van der Waals surface area contributed by atoms with E-state index in [0.717, 1.165) is 26.1 Å². The fraction of sp³-hybridized carbons (Fsp3) is 0.562. The molecule has 1 aromatic heterocycles. The first-order chi connectivity index (χ1) is 9.86. The molecule has 1 fully saturated rings. The molecule has 0 radical (unpaired) electrons. The van der Waals surface area contributed by atoms with Gasteiger partial charge in [0.15, 0.2) is 0 Å². The normalized spacial score (nSPS) is 19.8. The molecule has 4 heteroatoms. The molecule has 0 spiro atoms. The average Bonchev–Trinajstić information content (AvgIpc) is 2.92. The van der Waals surface area contributed by atoms with E-state index in [1.807, 2.05) is 6.08 Å². The van der Waals surface area contributed by atoms with Crippen LogP contribution in [0.2, 0.25) is 0 Å². The van der Waals surface area contributed by atoms with Gasteiger partial charge in [-0.2, -0.15) is 5.10 Å². The van der Waals surface area contributed by atoms with Gasteiger partial charge in [0, 0.05) is 24.6 Å². The molecule has 3 heterocycles. The van der Waals surface area contributed by atoms with Crippen LogP contribution >= 0.6 is 0 Å². The third-order valence-corrected chi connectivity index (χ3v) is 4.12. The molecule has 0 aromatic carbocycles. The summed E-state index contributed by atoms with van der Waals surface area (Å²) in [6.45, 7) is 6.06. The molecule has 0 amide bonds. The van der Waals surface area contributed by atoms with Crippen LogP contribution in [0, 0.1) is 0 Å². The molecular formula is C16H23N3O. The first kappa shape index (κ1) is 13.4. The first-order valence-corrected chi connectivity index (χ1v) is 7.61. The summed E-state index contributed by atoms with van der Waals surface area (Å²) in [5, 5.41) is 8.21. The van der Waals surface area contributed by atoms with Gasteiger partial charge < -0.3 is 10.1 Å². The Kier molecular flexibility index (Phi) is 4.21. The maximum Gasteiger partial charge on any atom is 0.106 e. The van der Waals surface area contributed by atoms with Crippen molar-refractivity contribution in [2.75, 3.05) is 19.7 Å². The van der Waals surface area contributed by atoms with Crippen LogP contribution in [0.1, 0.15) is 37.1 Å². The summed E-state index contributed by atoms with van der Waals surface area (Å²) in [6.07, 6.45) is 9.31. The highest BCUT2D eigenvalue weighted by atomic mass is 16.5. The SMILES string of the molecule is CCn1nc(CC2=CCOC=C2)cc1C1CCNCC1. The highest BCUT2D eigenvalue weighted by Gasteiger charge is 2.20. The zero-order chi connectivity index (χ0) is 13.8. The number of nitrogens with one attached hydrogen (secondary N) is 1. The number of ether oxygens (including phenoxy) is 1. The zero-order valence-electron chi connectivity index (χ0n) is 12.1. The van der Waals surface area contributed by atoms with E-state index in [2.05, 4.69) is 29.1 Å². The van der Waals surface area contributed by atoms with Gasteiger partial charge in [-0.15, -0.1) is 0 Å². The second kappa shape index (κ2) is 6.27. The Balaban J connectivity index is 1.77. The van der Waals surface area contributed by atoms with E-state index in [0.29, 0.717) is 12.5 Å². The van der Waals surface area contributed by atoms with Crippen LogP contribution in [0.3, 0.4) is 0 Å². The largest absolute Gasteiger partial charge is 0.497 e. The summed E-state index contributed by atoms with van der Waals surface area (Å²) < 4.78 is 7.38. The minimum absolute atomic E-state index is 0.664. The number of allylic oxidation sites excluding steroid dienone is 2. The number of rotatable bonds is 4. The minimum atomic E-state index is 0.664. The number of aryl methyl sites for hydroxylation is 1. The quantitative estimate of drug-likeness (QED) is 0.915.